The first-order valence-corrected chi connectivity index (χ1v) is 6.39. The summed E-state index contributed by atoms with van der Waals surface area (Å²) in [5, 5.41) is 0. The average Bonchev–Trinajstić information content (AvgIpc) is 2.67. The Labute approximate surface area is 116 Å². The number of halogens is 1. The summed E-state index contributed by atoms with van der Waals surface area (Å²) in [6.07, 6.45) is 0. The van der Waals surface area contributed by atoms with Crippen LogP contribution in [0.2, 0.25) is 0 Å². The van der Waals surface area contributed by atoms with Crippen molar-refractivity contribution in [1.29, 1.82) is 0 Å². The first-order chi connectivity index (χ1) is 9.58. The summed E-state index contributed by atoms with van der Waals surface area (Å²) in [7, 11) is 1.56. The third-order valence-electron chi connectivity index (χ3n) is 3.20. The molecule has 0 saturated carbocycles. The lowest BCUT2D eigenvalue weighted by molar-refractivity contribution is 0.175. The van der Waals surface area contributed by atoms with Gasteiger partial charge in [0.05, 0.1) is 18.8 Å². The molecule has 6 heteroatoms. The van der Waals surface area contributed by atoms with Crippen molar-refractivity contribution < 1.29 is 9.13 Å². The molecule has 0 aliphatic carbocycles. The molecule has 0 atom stereocenters. The lowest BCUT2D eigenvalue weighted by atomic mass is 10.2. The number of methoxy groups -OCH3 is 1. The fraction of sp³-hybridized carbons (Fsp3) is 0.357. The molecule has 1 heterocycles. The van der Waals surface area contributed by atoms with Gasteiger partial charge in [-0.2, -0.15) is 0 Å². The third-order valence-corrected chi connectivity index (χ3v) is 3.20. The normalized spacial score (nSPS) is 10.9. The summed E-state index contributed by atoms with van der Waals surface area (Å²) in [6.45, 7) is 3.16. The molecule has 0 saturated heterocycles. The number of benzene rings is 1. The molecule has 108 valence electrons. The van der Waals surface area contributed by atoms with Gasteiger partial charge in [0.2, 0.25) is 0 Å². The van der Waals surface area contributed by atoms with Gasteiger partial charge < -0.3 is 10.5 Å². The zero-order valence-corrected chi connectivity index (χ0v) is 11.6. The predicted octanol–water partition coefficient (Wildman–Crippen LogP) is 1.59. The maximum atomic E-state index is 12.9. The highest BCUT2D eigenvalue weighted by Crippen LogP contribution is 2.12. The fourth-order valence-corrected chi connectivity index (χ4v) is 2.23. The Hall–Kier alpha value is -2.08. The van der Waals surface area contributed by atoms with E-state index in [-0.39, 0.29) is 23.7 Å². The van der Waals surface area contributed by atoms with Crippen LogP contribution in [-0.4, -0.2) is 16.5 Å². The van der Waals surface area contributed by atoms with Gasteiger partial charge in [-0.3, -0.25) is 9.48 Å². The molecule has 2 aromatic rings. The molecule has 2 N–H and O–H groups in total. The van der Waals surface area contributed by atoms with Crippen molar-refractivity contribution in [3.63, 3.8) is 0 Å². The van der Waals surface area contributed by atoms with Crippen molar-refractivity contribution in [2.45, 2.75) is 26.6 Å². The molecule has 1 aromatic heterocycles. The van der Waals surface area contributed by atoms with Crippen LogP contribution in [-0.2, 0) is 24.4 Å². The second-order valence-corrected chi connectivity index (χ2v) is 4.50. The highest BCUT2D eigenvalue weighted by Gasteiger charge is 2.16. The van der Waals surface area contributed by atoms with Crippen LogP contribution in [0.25, 0.3) is 0 Å². The minimum absolute atomic E-state index is 0.204. The molecule has 0 amide bonds. The van der Waals surface area contributed by atoms with Gasteiger partial charge >= 0.3 is 0 Å². The van der Waals surface area contributed by atoms with E-state index in [0.717, 1.165) is 5.56 Å². The maximum absolute atomic E-state index is 12.9. The Morgan fingerprint density at radius 3 is 2.45 bits per heavy atom. The van der Waals surface area contributed by atoms with Crippen LogP contribution in [0, 0.1) is 5.82 Å². The van der Waals surface area contributed by atoms with E-state index in [4.69, 9.17) is 10.5 Å². The van der Waals surface area contributed by atoms with Crippen molar-refractivity contribution in [2.24, 2.45) is 0 Å². The smallest absolute Gasteiger partial charge is 0.290 e. The molecule has 0 unspecified atom stereocenters. The number of rotatable bonds is 5. The van der Waals surface area contributed by atoms with Gasteiger partial charge in [-0.1, -0.05) is 12.1 Å². The second-order valence-electron chi connectivity index (χ2n) is 4.50. The van der Waals surface area contributed by atoms with E-state index in [1.165, 1.54) is 12.1 Å². The molecule has 20 heavy (non-hydrogen) atoms. The van der Waals surface area contributed by atoms with Crippen molar-refractivity contribution in [3.8, 4) is 0 Å². The van der Waals surface area contributed by atoms with Crippen LogP contribution in [0.3, 0.4) is 0 Å². The second kappa shape index (κ2) is 5.92. The van der Waals surface area contributed by atoms with Gasteiger partial charge in [0.1, 0.15) is 11.5 Å². The van der Waals surface area contributed by atoms with Crippen molar-refractivity contribution in [1.82, 2.24) is 9.36 Å². The van der Waals surface area contributed by atoms with Crippen molar-refractivity contribution in [3.05, 3.63) is 51.7 Å². The number of hydrogen-bond donors (Lipinski definition) is 1. The molecular formula is C14H18FN3O2. The lowest BCUT2D eigenvalue weighted by Gasteiger charge is -2.12. The number of nitrogens with zero attached hydrogens (tertiary/aromatic N) is 2. The third kappa shape index (κ3) is 2.60. The highest BCUT2D eigenvalue weighted by atomic mass is 19.1. The fourth-order valence-electron chi connectivity index (χ4n) is 2.23. The summed E-state index contributed by atoms with van der Waals surface area (Å²) >= 11 is 0. The van der Waals surface area contributed by atoms with Crippen LogP contribution in [0.5, 0.6) is 0 Å². The number of nitrogens with two attached hydrogens (primary N) is 1. The first kappa shape index (κ1) is 14.3. The zero-order valence-electron chi connectivity index (χ0n) is 11.6. The largest absolute Gasteiger partial charge is 0.393 e. The van der Waals surface area contributed by atoms with Crippen LogP contribution < -0.4 is 11.3 Å². The summed E-state index contributed by atoms with van der Waals surface area (Å²) in [4.78, 5) is 12.2. The molecule has 0 bridgehead atoms. The molecule has 0 aliphatic heterocycles. The highest BCUT2D eigenvalue weighted by molar-refractivity contribution is 5.41. The number of hydrogen-bond acceptors (Lipinski definition) is 3. The van der Waals surface area contributed by atoms with E-state index in [0.29, 0.717) is 18.8 Å². The Morgan fingerprint density at radius 2 is 1.90 bits per heavy atom. The molecular weight excluding hydrogens is 261 g/mol. The standard InChI is InChI=1S/C14H18FN3O2/c1-3-17-12(9-20-2)13(16)14(19)18(17)8-10-4-6-11(15)7-5-10/h4-7H,3,8-9,16H2,1-2H3. The molecule has 5 nitrogen and oxygen atoms in total. The molecule has 0 aliphatic rings. The number of anilines is 1. The monoisotopic (exact) mass is 279 g/mol. The predicted molar refractivity (Wildman–Crippen MR) is 75.0 cm³/mol. The molecule has 1 aromatic carbocycles. The van der Waals surface area contributed by atoms with Crippen LogP contribution >= 0.6 is 0 Å². The molecule has 0 spiro atoms. The van der Waals surface area contributed by atoms with Gasteiger partial charge in [-0.25, -0.2) is 9.07 Å². The topological polar surface area (TPSA) is 62.2 Å². The Bertz CT molecular complexity index is 644. The Kier molecular flexibility index (Phi) is 4.24. The van der Waals surface area contributed by atoms with E-state index in [2.05, 4.69) is 0 Å². The van der Waals surface area contributed by atoms with Crippen molar-refractivity contribution >= 4 is 5.69 Å². The van der Waals surface area contributed by atoms with E-state index >= 15 is 0 Å². The van der Waals surface area contributed by atoms with Crippen LogP contribution in [0.15, 0.2) is 29.1 Å². The Morgan fingerprint density at radius 1 is 1.25 bits per heavy atom. The summed E-state index contributed by atoms with van der Waals surface area (Å²) in [6, 6.07) is 6.06. The Balaban J connectivity index is 2.43. The zero-order chi connectivity index (χ0) is 14.7. The quantitative estimate of drug-likeness (QED) is 0.904. The summed E-state index contributed by atoms with van der Waals surface area (Å²) in [5.74, 6) is -0.299. The SMILES string of the molecule is CCn1c(COC)c(N)c(=O)n1Cc1ccc(F)cc1. The molecule has 0 radical (unpaired) electrons. The van der Waals surface area contributed by atoms with E-state index in [1.807, 2.05) is 6.92 Å². The van der Waals surface area contributed by atoms with Gasteiger partial charge in [0.15, 0.2) is 0 Å². The van der Waals surface area contributed by atoms with E-state index in [1.54, 1.807) is 28.6 Å². The number of ether oxygens (including phenoxy) is 1. The maximum Gasteiger partial charge on any atom is 0.290 e. The van der Waals surface area contributed by atoms with Gasteiger partial charge in [0, 0.05) is 13.7 Å². The number of aromatic nitrogens is 2. The minimum atomic E-state index is -0.299. The van der Waals surface area contributed by atoms with Crippen LogP contribution in [0.1, 0.15) is 18.2 Å². The van der Waals surface area contributed by atoms with Gasteiger partial charge in [-0.15, -0.1) is 0 Å². The molecule has 0 fully saturated rings. The molecule has 2 rings (SSSR count). The minimum Gasteiger partial charge on any atom is -0.393 e. The number of nitrogen functional groups attached to an aromatic ring is 1. The van der Waals surface area contributed by atoms with Crippen LogP contribution in [0.4, 0.5) is 10.1 Å². The van der Waals surface area contributed by atoms with Gasteiger partial charge in [0.25, 0.3) is 5.56 Å². The van der Waals surface area contributed by atoms with E-state index < -0.39 is 0 Å². The lowest BCUT2D eigenvalue weighted by Crippen LogP contribution is -2.24. The summed E-state index contributed by atoms with van der Waals surface area (Å²) < 4.78 is 21.3. The summed E-state index contributed by atoms with van der Waals surface area (Å²) in [5.41, 5.74) is 7.31. The first-order valence-electron chi connectivity index (χ1n) is 6.39. The van der Waals surface area contributed by atoms with Crippen molar-refractivity contribution in [2.75, 3.05) is 12.8 Å². The average molecular weight is 279 g/mol. The van der Waals surface area contributed by atoms with E-state index in [9.17, 15) is 9.18 Å². The van der Waals surface area contributed by atoms with Gasteiger partial charge in [-0.05, 0) is 24.6 Å².